The number of thiophene rings is 2. The molecule has 0 spiro atoms. The zero-order chi connectivity index (χ0) is 20.9. The number of hydrogen-bond acceptors (Lipinski definition) is 7. The van der Waals surface area contributed by atoms with E-state index in [1.165, 1.54) is 51.9 Å². The second kappa shape index (κ2) is 7.83. The highest BCUT2D eigenvalue weighted by Crippen LogP contribution is 2.41. The number of aromatic nitrogens is 4. The summed E-state index contributed by atoms with van der Waals surface area (Å²) in [4.78, 5) is 32.4. The molecule has 0 N–H and O–H groups in total. The first kappa shape index (κ1) is 19.6. The number of hydrogen-bond donors (Lipinski definition) is 0. The average molecular weight is 467 g/mol. The maximum Gasteiger partial charge on any atom is 0.263 e. The van der Waals surface area contributed by atoms with Gasteiger partial charge in [0.2, 0.25) is 0 Å². The first-order valence-electron chi connectivity index (χ1n) is 10.8. The summed E-state index contributed by atoms with van der Waals surface area (Å²) in [6.07, 6.45) is 12.5. The van der Waals surface area contributed by atoms with E-state index >= 15 is 0 Å². The van der Waals surface area contributed by atoms with E-state index in [0.29, 0.717) is 11.7 Å². The van der Waals surface area contributed by atoms with Gasteiger partial charge in [0.25, 0.3) is 5.56 Å². The van der Waals surface area contributed by atoms with E-state index in [0.717, 1.165) is 57.6 Å². The molecular weight excluding hydrogens is 444 g/mol. The summed E-state index contributed by atoms with van der Waals surface area (Å²) in [5.41, 5.74) is 2.69. The minimum absolute atomic E-state index is 0.0597. The van der Waals surface area contributed by atoms with E-state index in [1.807, 2.05) is 0 Å². The van der Waals surface area contributed by atoms with Crippen molar-refractivity contribution in [1.29, 1.82) is 0 Å². The molecule has 0 radical (unpaired) electrons. The highest BCUT2D eigenvalue weighted by molar-refractivity contribution is 7.99. The van der Waals surface area contributed by atoms with Crippen molar-refractivity contribution in [3.63, 3.8) is 0 Å². The Morgan fingerprint density at radius 3 is 2.39 bits per heavy atom. The summed E-state index contributed by atoms with van der Waals surface area (Å²) >= 11 is 5.00. The van der Waals surface area contributed by atoms with E-state index < -0.39 is 0 Å². The summed E-state index contributed by atoms with van der Waals surface area (Å²) in [5, 5.41) is 3.60. The molecule has 158 valence electrons. The van der Waals surface area contributed by atoms with Crippen molar-refractivity contribution in [3.8, 4) is 0 Å². The maximum absolute atomic E-state index is 13.5. The normalized spacial score (nSPS) is 15.9. The Balaban J connectivity index is 1.54. The molecule has 0 atom stereocenters. The molecular formula is C23H22N4OS3. The highest BCUT2D eigenvalue weighted by Gasteiger charge is 2.24. The van der Waals surface area contributed by atoms with Crippen LogP contribution in [-0.4, -0.2) is 19.5 Å². The topological polar surface area (TPSA) is 60.7 Å². The lowest BCUT2D eigenvalue weighted by molar-refractivity contribution is 0.667. The molecule has 5 nitrogen and oxygen atoms in total. The molecule has 4 aromatic heterocycles. The molecule has 0 aromatic carbocycles. The molecule has 4 heterocycles. The Hall–Kier alpha value is -2.03. The highest BCUT2D eigenvalue weighted by atomic mass is 32.2. The molecule has 31 heavy (non-hydrogen) atoms. The number of fused-ring (bicyclic) bond motifs is 6. The van der Waals surface area contributed by atoms with Crippen molar-refractivity contribution in [2.24, 2.45) is 0 Å². The van der Waals surface area contributed by atoms with Gasteiger partial charge in [-0.15, -0.1) is 29.3 Å². The molecule has 0 unspecified atom stereocenters. The molecule has 8 heteroatoms. The summed E-state index contributed by atoms with van der Waals surface area (Å²) in [6, 6.07) is 0. The quantitative estimate of drug-likeness (QED) is 0.224. The van der Waals surface area contributed by atoms with E-state index in [-0.39, 0.29) is 5.56 Å². The van der Waals surface area contributed by atoms with Gasteiger partial charge in [-0.3, -0.25) is 9.36 Å². The van der Waals surface area contributed by atoms with Gasteiger partial charge in [-0.25, -0.2) is 15.0 Å². The Morgan fingerprint density at radius 2 is 1.65 bits per heavy atom. The van der Waals surface area contributed by atoms with Gasteiger partial charge < -0.3 is 0 Å². The molecule has 2 aliphatic rings. The van der Waals surface area contributed by atoms with Crippen LogP contribution >= 0.6 is 34.4 Å². The summed E-state index contributed by atoms with van der Waals surface area (Å²) in [5.74, 6) is 0. The molecule has 0 aliphatic heterocycles. The SMILES string of the molecule is C=CCn1c(Sc2ncnc3sc4c(c23)CCCC4)nc2sc3c(c2c1=O)CCCC3. The molecule has 2 aliphatic carbocycles. The lowest BCUT2D eigenvalue weighted by atomic mass is 9.97. The lowest BCUT2D eigenvalue weighted by Crippen LogP contribution is -2.23. The van der Waals surface area contributed by atoms with Crippen LogP contribution in [0.3, 0.4) is 0 Å². The monoisotopic (exact) mass is 466 g/mol. The summed E-state index contributed by atoms with van der Waals surface area (Å²) < 4.78 is 1.77. The molecule has 0 fully saturated rings. The van der Waals surface area contributed by atoms with Crippen molar-refractivity contribution in [1.82, 2.24) is 19.5 Å². The minimum atomic E-state index is 0.0597. The number of aryl methyl sites for hydroxylation is 4. The third-order valence-corrected chi connectivity index (χ3v) is 9.64. The molecule has 0 saturated carbocycles. The number of rotatable bonds is 4. The fraction of sp³-hybridized carbons (Fsp3) is 0.391. The fourth-order valence-corrected chi connectivity index (χ4v) is 8.42. The van der Waals surface area contributed by atoms with E-state index in [2.05, 4.69) is 16.5 Å². The molecule has 0 saturated heterocycles. The van der Waals surface area contributed by atoms with Crippen LogP contribution in [0.1, 0.15) is 46.6 Å². The second-order valence-electron chi connectivity index (χ2n) is 8.16. The fourth-order valence-electron chi connectivity index (χ4n) is 4.81. The Bertz CT molecular complexity index is 1400. The van der Waals surface area contributed by atoms with Crippen LogP contribution in [0.4, 0.5) is 0 Å². The largest absolute Gasteiger partial charge is 0.283 e. The van der Waals surface area contributed by atoms with Gasteiger partial charge >= 0.3 is 0 Å². The van der Waals surface area contributed by atoms with Crippen LogP contribution in [0.5, 0.6) is 0 Å². The van der Waals surface area contributed by atoms with Crippen molar-refractivity contribution < 1.29 is 0 Å². The van der Waals surface area contributed by atoms with Crippen LogP contribution in [-0.2, 0) is 32.2 Å². The maximum atomic E-state index is 13.5. The van der Waals surface area contributed by atoms with Gasteiger partial charge in [-0.05, 0) is 74.3 Å². The number of nitrogens with zero attached hydrogens (tertiary/aromatic N) is 4. The van der Waals surface area contributed by atoms with Crippen molar-refractivity contribution in [3.05, 3.63) is 50.2 Å². The predicted molar refractivity (Wildman–Crippen MR) is 129 cm³/mol. The lowest BCUT2D eigenvalue weighted by Gasteiger charge is -2.13. The molecule has 6 rings (SSSR count). The van der Waals surface area contributed by atoms with Crippen LogP contribution in [0.15, 0.2) is 34.0 Å². The van der Waals surface area contributed by atoms with E-state index in [4.69, 9.17) is 4.98 Å². The first-order valence-corrected chi connectivity index (χ1v) is 13.3. The van der Waals surface area contributed by atoms with Gasteiger partial charge in [0.15, 0.2) is 5.16 Å². The van der Waals surface area contributed by atoms with Crippen molar-refractivity contribution >= 4 is 54.9 Å². The summed E-state index contributed by atoms with van der Waals surface area (Å²) in [7, 11) is 0. The van der Waals surface area contributed by atoms with Crippen LogP contribution in [0.2, 0.25) is 0 Å². The van der Waals surface area contributed by atoms with E-state index in [1.54, 1.807) is 39.6 Å². The van der Waals surface area contributed by atoms with E-state index in [9.17, 15) is 4.79 Å². The van der Waals surface area contributed by atoms with Gasteiger partial charge in [-0.2, -0.15) is 0 Å². The Kier molecular flexibility index (Phi) is 4.96. The van der Waals surface area contributed by atoms with Gasteiger partial charge in [0.05, 0.1) is 5.39 Å². The van der Waals surface area contributed by atoms with Crippen LogP contribution < -0.4 is 5.56 Å². The summed E-state index contributed by atoms with van der Waals surface area (Å²) in [6.45, 7) is 4.33. The van der Waals surface area contributed by atoms with Crippen molar-refractivity contribution in [2.45, 2.75) is 68.1 Å². The molecule has 0 amide bonds. The average Bonchev–Trinajstić information content (AvgIpc) is 3.35. The zero-order valence-electron chi connectivity index (χ0n) is 17.1. The Morgan fingerprint density at radius 1 is 0.968 bits per heavy atom. The van der Waals surface area contributed by atoms with Crippen LogP contribution in [0, 0.1) is 0 Å². The van der Waals surface area contributed by atoms with Gasteiger partial charge in [-0.1, -0.05) is 6.08 Å². The standard InChI is InChI=1S/C23H22N4OS3/c1-2-11-27-22(28)18-14-8-4-6-10-16(14)30-21(18)26-23(27)31-20-17-13-7-3-5-9-15(13)29-19(17)24-12-25-20/h2,12H,1,3-11H2. The smallest absolute Gasteiger partial charge is 0.263 e. The number of allylic oxidation sites excluding steroid dienone is 1. The molecule has 4 aromatic rings. The third-order valence-electron chi connectivity index (χ3n) is 6.26. The first-order chi connectivity index (χ1) is 15.2. The second-order valence-corrected chi connectivity index (χ2v) is 11.3. The zero-order valence-corrected chi connectivity index (χ0v) is 19.6. The van der Waals surface area contributed by atoms with Gasteiger partial charge in [0.1, 0.15) is 21.0 Å². The van der Waals surface area contributed by atoms with Gasteiger partial charge in [0, 0.05) is 21.7 Å². The molecule has 0 bridgehead atoms. The van der Waals surface area contributed by atoms with Crippen molar-refractivity contribution in [2.75, 3.05) is 0 Å². The minimum Gasteiger partial charge on any atom is -0.283 e. The third kappa shape index (κ3) is 3.18. The predicted octanol–water partition coefficient (Wildman–Crippen LogP) is 5.56. The van der Waals surface area contributed by atoms with Crippen LogP contribution in [0.25, 0.3) is 20.4 Å². The Labute approximate surface area is 192 Å².